The van der Waals surface area contributed by atoms with Gasteiger partial charge in [-0.25, -0.2) is 0 Å². The number of aliphatic carboxylic acids is 1. The van der Waals surface area contributed by atoms with Crippen molar-refractivity contribution in [1.29, 1.82) is 0 Å². The van der Waals surface area contributed by atoms with Crippen molar-refractivity contribution < 1.29 is 19.1 Å². The molecule has 0 spiro atoms. The van der Waals surface area contributed by atoms with Crippen molar-refractivity contribution in [2.45, 2.75) is 34.2 Å². The van der Waals surface area contributed by atoms with E-state index in [2.05, 4.69) is 33.2 Å². The third-order valence-corrected chi connectivity index (χ3v) is 3.24. The Bertz CT molecular complexity index is 430. The van der Waals surface area contributed by atoms with Gasteiger partial charge in [-0.2, -0.15) is 0 Å². The molecule has 0 aliphatic carbocycles. The molecule has 1 rings (SSSR count). The largest absolute Gasteiger partial charge is 0.550 e. The molecule has 0 heterocycles. The lowest BCUT2D eigenvalue weighted by molar-refractivity contribution is -0.901. The SMILES string of the molecule is CC(C)(C)C(=O)[O-].CC[N+](C)(C)Cc1ccc(OC)cc1. The van der Waals surface area contributed by atoms with Gasteiger partial charge in [-0.05, 0) is 31.2 Å². The van der Waals surface area contributed by atoms with E-state index < -0.39 is 11.4 Å². The van der Waals surface area contributed by atoms with Crippen molar-refractivity contribution in [3.8, 4) is 5.75 Å². The minimum absolute atomic E-state index is 0.694. The van der Waals surface area contributed by atoms with Gasteiger partial charge in [0.1, 0.15) is 12.3 Å². The standard InChI is InChI=1S/C12H20NO.C5H10O2/c1-5-13(2,3)10-11-6-8-12(14-4)9-7-11;1-5(2,3)4(6)7/h6-9H,5,10H2,1-4H3;1-3H3,(H,6,7)/q+1;/p-1. The molecule has 0 amide bonds. The molecule has 0 radical (unpaired) electrons. The van der Waals surface area contributed by atoms with Crippen LogP contribution in [0.15, 0.2) is 24.3 Å². The van der Waals surface area contributed by atoms with Gasteiger partial charge in [0.25, 0.3) is 0 Å². The van der Waals surface area contributed by atoms with Crippen LogP contribution in [0.4, 0.5) is 0 Å². The molecule has 1 aromatic rings. The van der Waals surface area contributed by atoms with E-state index in [4.69, 9.17) is 4.74 Å². The van der Waals surface area contributed by atoms with Crippen molar-refractivity contribution in [2.24, 2.45) is 5.41 Å². The maximum atomic E-state index is 9.91. The van der Waals surface area contributed by atoms with Gasteiger partial charge in [0, 0.05) is 16.9 Å². The summed E-state index contributed by atoms with van der Waals surface area (Å²) >= 11 is 0. The summed E-state index contributed by atoms with van der Waals surface area (Å²) in [6.07, 6.45) is 0. The van der Waals surface area contributed by atoms with E-state index in [1.807, 2.05) is 12.1 Å². The fourth-order valence-electron chi connectivity index (χ4n) is 1.34. The average Bonchev–Trinajstić information content (AvgIpc) is 2.39. The number of ether oxygens (including phenoxy) is 1. The maximum Gasteiger partial charge on any atom is 0.118 e. The Hall–Kier alpha value is -1.55. The van der Waals surface area contributed by atoms with E-state index in [-0.39, 0.29) is 0 Å². The number of carbonyl (C=O) groups is 1. The van der Waals surface area contributed by atoms with E-state index in [0.717, 1.165) is 23.3 Å². The van der Waals surface area contributed by atoms with Crippen LogP contribution in [0.3, 0.4) is 0 Å². The number of methoxy groups -OCH3 is 1. The molecule has 0 N–H and O–H groups in total. The van der Waals surface area contributed by atoms with Crippen LogP contribution >= 0.6 is 0 Å². The van der Waals surface area contributed by atoms with E-state index >= 15 is 0 Å². The van der Waals surface area contributed by atoms with Crippen molar-refractivity contribution in [3.05, 3.63) is 29.8 Å². The van der Waals surface area contributed by atoms with E-state index in [1.165, 1.54) is 5.56 Å². The van der Waals surface area contributed by atoms with Crippen LogP contribution < -0.4 is 9.84 Å². The van der Waals surface area contributed by atoms with Crippen molar-refractivity contribution in [3.63, 3.8) is 0 Å². The highest BCUT2D eigenvalue weighted by atomic mass is 16.5. The normalized spacial score (nSPS) is 11.4. The lowest BCUT2D eigenvalue weighted by Gasteiger charge is -2.28. The summed E-state index contributed by atoms with van der Waals surface area (Å²) in [6, 6.07) is 8.30. The number of carboxylic acids is 1. The first-order chi connectivity index (χ1) is 9.51. The van der Waals surface area contributed by atoms with Crippen LogP contribution in [0.25, 0.3) is 0 Å². The van der Waals surface area contributed by atoms with Crippen LogP contribution in [0.5, 0.6) is 5.75 Å². The number of benzene rings is 1. The van der Waals surface area contributed by atoms with Crippen LogP contribution in [0, 0.1) is 5.41 Å². The minimum Gasteiger partial charge on any atom is -0.550 e. The lowest BCUT2D eigenvalue weighted by Crippen LogP contribution is -2.38. The van der Waals surface area contributed by atoms with Gasteiger partial charge >= 0.3 is 0 Å². The topological polar surface area (TPSA) is 49.4 Å². The van der Waals surface area contributed by atoms with Crippen LogP contribution in [0.1, 0.15) is 33.3 Å². The molecular formula is C17H29NO3. The lowest BCUT2D eigenvalue weighted by atomic mass is 9.98. The predicted octanol–water partition coefficient (Wildman–Crippen LogP) is 2.07. The fraction of sp³-hybridized carbons (Fsp3) is 0.588. The van der Waals surface area contributed by atoms with Crippen LogP contribution in [-0.4, -0.2) is 38.2 Å². The smallest absolute Gasteiger partial charge is 0.118 e. The number of carbonyl (C=O) groups excluding carboxylic acids is 1. The Labute approximate surface area is 128 Å². The number of nitrogens with zero attached hydrogens (tertiary/aromatic N) is 1. The van der Waals surface area contributed by atoms with Gasteiger partial charge in [0.05, 0.1) is 27.7 Å². The molecule has 0 unspecified atom stereocenters. The Balaban J connectivity index is 0.000000486. The monoisotopic (exact) mass is 295 g/mol. The summed E-state index contributed by atoms with van der Waals surface area (Å²) < 4.78 is 6.14. The molecule has 21 heavy (non-hydrogen) atoms. The zero-order valence-corrected chi connectivity index (χ0v) is 14.4. The van der Waals surface area contributed by atoms with Gasteiger partial charge < -0.3 is 19.1 Å². The van der Waals surface area contributed by atoms with Crippen molar-refractivity contribution >= 4 is 5.97 Å². The molecule has 0 aliphatic rings. The van der Waals surface area contributed by atoms with Crippen molar-refractivity contribution in [2.75, 3.05) is 27.7 Å². The average molecular weight is 295 g/mol. The summed E-state index contributed by atoms with van der Waals surface area (Å²) in [6.45, 7) is 9.23. The highest BCUT2D eigenvalue weighted by Crippen LogP contribution is 2.14. The second-order valence-electron chi connectivity index (χ2n) is 6.80. The summed E-state index contributed by atoms with van der Waals surface area (Å²) in [5.41, 5.74) is 0.664. The summed E-state index contributed by atoms with van der Waals surface area (Å²) in [5, 5.41) is 9.91. The van der Waals surface area contributed by atoms with E-state index in [0.29, 0.717) is 0 Å². The van der Waals surface area contributed by atoms with Crippen LogP contribution in [-0.2, 0) is 11.3 Å². The van der Waals surface area contributed by atoms with E-state index in [9.17, 15) is 9.90 Å². The highest BCUT2D eigenvalue weighted by Gasteiger charge is 2.12. The van der Waals surface area contributed by atoms with Gasteiger partial charge in [-0.1, -0.05) is 20.8 Å². The summed E-state index contributed by atoms with van der Waals surface area (Å²) in [5.74, 6) is -0.0805. The molecule has 4 heteroatoms. The molecule has 0 saturated carbocycles. The van der Waals surface area contributed by atoms with Crippen molar-refractivity contribution in [1.82, 2.24) is 0 Å². The number of hydrogen-bond donors (Lipinski definition) is 0. The first-order valence-electron chi connectivity index (χ1n) is 7.18. The van der Waals surface area contributed by atoms with Gasteiger partial charge in [0.2, 0.25) is 0 Å². The molecule has 0 aliphatic heterocycles. The molecule has 0 bridgehead atoms. The molecule has 0 saturated heterocycles. The number of rotatable bonds is 4. The Kier molecular flexibility index (Phi) is 7.44. The quantitative estimate of drug-likeness (QED) is 0.799. The molecule has 0 atom stereocenters. The first kappa shape index (κ1) is 19.4. The predicted molar refractivity (Wildman–Crippen MR) is 83.8 cm³/mol. The maximum absolute atomic E-state index is 9.91. The molecule has 0 aromatic heterocycles. The minimum atomic E-state index is -1.01. The number of quaternary nitrogens is 1. The number of hydrogen-bond acceptors (Lipinski definition) is 3. The molecule has 0 fully saturated rings. The molecule has 120 valence electrons. The van der Waals surface area contributed by atoms with Gasteiger partial charge in [-0.15, -0.1) is 0 Å². The van der Waals surface area contributed by atoms with E-state index in [1.54, 1.807) is 27.9 Å². The third kappa shape index (κ3) is 8.35. The van der Waals surface area contributed by atoms with Gasteiger partial charge in [-0.3, -0.25) is 0 Å². The highest BCUT2D eigenvalue weighted by molar-refractivity contribution is 5.70. The Morgan fingerprint density at radius 3 is 1.90 bits per heavy atom. The second-order valence-corrected chi connectivity index (χ2v) is 6.80. The Morgan fingerprint density at radius 2 is 1.62 bits per heavy atom. The zero-order chi connectivity index (χ0) is 16.7. The summed E-state index contributed by atoms with van der Waals surface area (Å²) in [7, 11) is 6.18. The molecule has 1 aromatic carbocycles. The summed E-state index contributed by atoms with van der Waals surface area (Å²) in [4.78, 5) is 9.91. The van der Waals surface area contributed by atoms with Gasteiger partial charge in [0.15, 0.2) is 0 Å². The molecular weight excluding hydrogens is 266 g/mol. The molecule has 4 nitrogen and oxygen atoms in total. The fourth-order valence-corrected chi connectivity index (χ4v) is 1.34. The number of carboxylic acid groups (broad SMARTS) is 1. The first-order valence-corrected chi connectivity index (χ1v) is 7.18. The third-order valence-electron chi connectivity index (χ3n) is 3.24. The van der Waals surface area contributed by atoms with Crippen LogP contribution in [0.2, 0.25) is 0 Å². The zero-order valence-electron chi connectivity index (χ0n) is 14.4. The Morgan fingerprint density at radius 1 is 1.19 bits per heavy atom. The second kappa shape index (κ2) is 8.03.